The van der Waals surface area contributed by atoms with Crippen LogP contribution in [0.3, 0.4) is 0 Å². The van der Waals surface area contributed by atoms with E-state index in [1.54, 1.807) is 12.1 Å². The Kier molecular flexibility index (Phi) is 5.80. The first-order valence-electron chi connectivity index (χ1n) is 11.8. The smallest absolute Gasteiger partial charge is 0.240 e. The summed E-state index contributed by atoms with van der Waals surface area (Å²) in [5, 5.41) is 1.09. The maximum Gasteiger partial charge on any atom is 0.240 e. The molecular formula is C24H33N3O4S. The van der Waals surface area contributed by atoms with Crippen molar-refractivity contribution in [2.45, 2.75) is 68.3 Å². The Morgan fingerprint density at radius 3 is 2.53 bits per heavy atom. The summed E-state index contributed by atoms with van der Waals surface area (Å²) in [6.07, 6.45) is 5.24. The van der Waals surface area contributed by atoms with Gasteiger partial charge in [0.05, 0.1) is 24.2 Å². The van der Waals surface area contributed by atoms with E-state index in [1.165, 1.54) is 18.5 Å². The van der Waals surface area contributed by atoms with Crippen LogP contribution in [0, 0.1) is 5.92 Å². The first-order chi connectivity index (χ1) is 15.3. The Morgan fingerprint density at radius 1 is 1.09 bits per heavy atom. The van der Waals surface area contributed by atoms with Gasteiger partial charge in [-0.2, -0.15) is 0 Å². The molecule has 0 spiro atoms. The van der Waals surface area contributed by atoms with Gasteiger partial charge in [0.2, 0.25) is 15.9 Å². The van der Waals surface area contributed by atoms with Crippen LogP contribution in [0.25, 0.3) is 10.9 Å². The number of aryl methyl sites for hydroxylation is 1. The monoisotopic (exact) mass is 459 g/mol. The van der Waals surface area contributed by atoms with Gasteiger partial charge in [0.15, 0.2) is 0 Å². The molecule has 0 bridgehead atoms. The van der Waals surface area contributed by atoms with E-state index in [0.717, 1.165) is 23.7 Å². The summed E-state index contributed by atoms with van der Waals surface area (Å²) < 4.78 is 36.7. The second-order valence-corrected chi connectivity index (χ2v) is 11.5. The van der Waals surface area contributed by atoms with Crippen LogP contribution < -0.4 is 4.72 Å². The quantitative estimate of drug-likeness (QED) is 0.745. The molecule has 8 heteroatoms. The van der Waals surface area contributed by atoms with Gasteiger partial charge in [0, 0.05) is 36.8 Å². The molecule has 1 aliphatic heterocycles. The van der Waals surface area contributed by atoms with Gasteiger partial charge >= 0.3 is 0 Å². The summed E-state index contributed by atoms with van der Waals surface area (Å²) in [5.74, 6) is 0.795. The number of benzene rings is 1. The average Bonchev–Trinajstić information content (AvgIpc) is 3.57. The summed E-state index contributed by atoms with van der Waals surface area (Å²) in [6, 6.07) is 7.58. The molecule has 1 amide bonds. The van der Waals surface area contributed by atoms with Crippen molar-refractivity contribution < 1.29 is 17.9 Å². The van der Waals surface area contributed by atoms with Gasteiger partial charge < -0.3 is 14.2 Å². The van der Waals surface area contributed by atoms with Gasteiger partial charge in [-0.15, -0.1) is 0 Å². The molecule has 0 unspecified atom stereocenters. The molecule has 1 aromatic carbocycles. The molecule has 2 aliphatic carbocycles. The topological polar surface area (TPSA) is 80.6 Å². The third-order valence-corrected chi connectivity index (χ3v) is 8.93. The molecule has 1 saturated heterocycles. The highest BCUT2D eigenvalue weighted by Gasteiger charge is 2.34. The number of nitrogens with one attached hydrogen (secondary N) is 1. The van der Waals surface area contributed by atoms with E-state index in [4.69, 9.17) is 4.74 Å². The largest absolute Gasteiger partial charge is 0.377 e. The van der Waals surface area contributed by atoms with Crippen LogP contribution in [-0.4, -0.2) is 55.6 Å². The Hall–Kier alpha value is -1.90. The van der Waals surface area contributed by atoms with Gasteiger partial charge in [-0.05, 0) is 75.0 Å². The molecule has 7 nitrogen and oxygen atoms in total. The lowest BCUT2D eigenvalue weighted by Crippen LogP contribution is -2.50. The number of morpholine rings is 1. The fraction of sp³-hybridized carbons (Fsp3) is 0.625. The van der Waals surface area contributed by atoms with Crippen molar-refractivity contribution >= 4 is 26.8 Å². The van der Waals surface area contributed by atoms with Crippen LogP contribution in [0.1, 0.15) is 57.1 Å². The third kappa shape index (κ3) is 4.20. The molecule has 1 atom stereocenters. The maximum absolute atomic E-state index is 13.1. The molecule has 2 aromatic rings. The minimum atomic E-state index is -3.61. The molecule has 1 aromatic heterocycles. The van der Waals surface area contributed by atoms with Crippen LogP contribution in [0.5, 0.6) is 0 Å². The average molecular weight is 460 g/mol. The third-order valence-electron chi connectivity index (χ3n) is 7.41. The second kappa shape index (κ2) is 8.47. The van der Waals surface area contributed by atoms with E-state index in [1.807, 2.05) is 24.9 Å². The minimum Gasteiger partial charge on any atom is -0.377 e. The number of rotatable bonds is 5. The first-order valence-corrected chi connectivity index (χ1v) is 13.3. The molecule has 2 heterocycles. The standard InChI is InChI=1S/C24H33N3O4S/c1-16-15-31-12-11-27(16)24(28)18-5-8-20(9-6-18)25-32(29,30)21-10-7-19-13-22(17-3-4-17)26(2)23(19)14-21/h7,10,13-14,16-18,20,25H,3-6,8-9,11-12,15H2,1-2H3/t16-,18-,20-/m0/s1. The van der Waals surface area contributed by atoms with E-state index in [-0.39, 0.29) is 23.9 Å². The van der Waals surface area contributed by atoms with Gasteiger partial charge in [-0.25, -0.2) is 13.1 Å². The zero-order chi connectivity index (χ0) is 22.5. The normalized spacial score (nSPS) is 27.1. The molecule has 3 aliphatic rings. The fourth-order valence-corrected chi connectivity index (χ4v) is 6.63. The second-order valence-electron chi connectivity index (χ2n) is 9.75. The van der Waals surface area contributed by atoms with Crippen molar-refractivity contribution in [2.75, 3.05) is 19.8 Å². The van der Waals surface area contributed by atoms with Crippen LogP contribution in [-0.2, 0) is 26.6 Å². The Balaban J connectivity index is 1.23. The van der Waals surface area contributed by atoms with Crippen LogP contribution >= 0.6 is 0 Å². The summed E-state index contributed by atoms with van der Waals surface area (Å²) in [4.78, 5) is 15.2. The molecule has 2 saturated carbocycles. The molecule has 32 heavy (non-hydrogen) atoms. The van der Waals surface area contributed by atoms with Crippen molar-refractivity contribution in [2.24, 2.45) is 13.0 Å². The molecule has 1 N–H and O–H groups in total. The van der Waals surface area contributed by atoms with E-state index in [0.29, 0.717) is 43.4 Å². The highest BCUT2D eigenvalue weighted by atomic mass is 32.2. The Morgan fingerprint density at radius 2 is 1.84 bits per heavy atom. The summed E-state index contributed by atoms with van der Waals surface area (Å²) in [6.45, 7) is 3.86. The van der Waals surface area contributed by atoms with Gasteiger partial charge in [0.25, 0.3) is 0 Å². The van der Waals surface area contributed by atoms with Crippen LogP contribution in [0.2, 0.25) is 0 Å². The zero-order valence-electron chi connectivity index (χ0n) is 18.9. The van der Waals surface area contributed by atoms with Crippen molar-refractivity contribution in [1.82, 2.24) is 14.2 Å². The molecule has 5 rings (SSSR count). The molecular weight excluding hydrogens is 426 g/mol. The highest BCUT2D eigenvalue weighted by molar-refractivity contribution is 7.89. The SMILES string of the molecule is C[C@H]1COCCN1C(=O)[C@H]1CC[C@H](NS(=O)(=O)c2ccc3cc(C4CC4)n(C)c3c2)CC1. The van der Waals surface area contributed by atoms with Gasteiger partial charge in [-0.3, -0.25) is 4.79 Å². The number of aromatic nitrogens is 1. The number of carbonyl (C=O) groups is 1. The molecule has 174 valence electrons. The van der Waals surface area contributed by atoms with E-state index < -0.39 is 10.0 Å². The van der Waals surface area contributed by atoms with E-state index in [2.05, 4.69) is 15.4 Å². The van der Waals surface area contributed by atoms with E-state index in [9.17, 15) is 13.2 Å². The lowest BCUT2D eigenvalue weighted by Gasteiger charge is -2.37. The number of hydrogen-bond donors (Lipinski definition) is 1. The first kappa shape index (κ1) is 21.9. The lowest BCUT2D eigenvalue weighted by molar-refractivity contribution is -0.144. The Labute approximate surface area is 190 Å². The summed E-state index contributed by atoms with van der Waals surface area (Å²) >= 11 is 0. The lowest BCUT2D eigenvalue weighted by atomic mass is 9.85. The number of carbonyl (C=O) groups excluding carboxylic acids is 1. The predicted octanol–water partition coefficient (Wildman–Crippen LogP) is 3.14. The predicted molar refractivity (Wildman–Crippen MR) is 123 cm³/mol. The van der Waals surface area contributed by atoms with Crippen molar-refractivity contribution in [3.63, 3.8) is 0 Å². The number of ether oxygens (including phenoxy) is 1. The van der Waals surface area contributed by atoms with E-state index >= 15 is 0 Å². The van der Waals surface area contributed by atoms with Gasteiger partial charge in [-0.1, -0.05) is 6.07 Å². The summed E-state index contributed by atoms with van der Waals surface area (Å²) in [7, 11) is -1.58. The van der Waals surface area contributed by atoms with Crippen LogP contribution in [0.15, 0.2) is 29.2 Å². The number of sulfonamides is 1. The highest BCUT2D eigenvalue weighted by Crippen LogP contribution is 2.42. The zero-order valence-corrected chi connectivity index (χ0v) is 19.7. The maximum atomic E-state index is 13.1. The number of nitrogens with zero attached hydrogens (tertiary/aromatic N) is 2. The molecule has 3 fully saturated rings. The minimum absolute atomic E-state index is 0.0168. The Bertz CT molecular complexity index is 1110. The van der Waals surface area contributed by atoms with Gasteiger partial charge in [0.1, 0.15) is 0 Å². The number of hydrogen-bond acceptors (Lipinski definition) is 4. The fourth-order valence-electron chi connectivity index (χ4n) is 5.30. The van der Waals surface area contributed by atoms with Crippen molar-refractivity contribution in [3.05, 3.63) is 30.0 Å². The summed E-state index contributed by atoms with van der Waals surface area (Å²) in [5.41, 5.74) is 2.25. The van der Waals surface area contributed by atoms with Crippen molar-refractivity contribution in [3.8, 4) is 0 Å². The number of amides is 1. The van der Waals surface area contributed by atoms with Crippen LogP contribution in [0.4, 0.5) is 0 Å². The molecule has 0 radical (unpaired) electrons. The van der Waals surface area contributed by atoms with Crippen molar-refractivity contribution in [1.29, 1.82) is 0 Å². The number of fused-ring (bicyclic) bond motifs is 1.